The Balaban J connectivity index is 1.84. The predicted molar refractivity (Wildman–Crippen MR) is 82.5 cm³/mol. The number of thioether (sulfide) groups is 1. The molecule has 0 atom stereocenters. The fourth-order valence-corrected chi connectivity index (χ4v) is 3.11. The molecule has 2 aromatic rings. The molecular formula is C14H19N3S2. The Kier molecular flexibility index (Phi) is 4.96. The van der Waals surface area contributed by atoms with E-state index in [4.69, 9.17) is 0 Å². The minimum Gasteiger partial charge on any atom is -0.306 e. The molecule has 1 aromatic carbocycles. The summed E-state index contributed by atoms with van der Waals surface area (Å²) in [6.45, 7) is 7.25. The van der Waals surface area contributed by atoms with Gasteiger partial charge in [-0.1, -0.05) is 29.5 Å². The Hall–Kier alpha value is -0.910. The van der Waals surface area contributed by atoms with E-state index in [9.17, 15) is 0 Å². The highest BCUT2D eigenvalue weighted by molar-refractivity contribution is 7.98. The Morgan fingerprint density at radius 1 is 1.11 bits per heavy atom. The van der Waals surface area contributed by atoms with Crippen LogP contribution in [0.25, 0.3) is 0 Å². The molecule has 2 rings (SSSR count). The number of benzene rings is 1. The van der Waals surface area contributed by atoms with Crippen molar-refractivity contribution in [2.75, 3.05) is 0 Å². The lowest BCUT2D eigenvalue weighted by molar-refractivity contribution is 0.423. The van der Waals surface area contributed by atoms with Gasteiger partial charge in [0.2, 0.25) is 0 Å². The van der Waals surface area contributed by atoms with Crippen molar-refractivity contribution in [2.24, 2.45) is 0 Å². The molecule has 0 saturated carbocycles. The number of nitrogens with one attached hydrogen (secondary N) is 1. The summed E-state index contributed by atoms with van der Waals surface area (Å²) in [5.41, 5.74) is 0.116. The average Bonchev–Trinajstić information content (AvgIpc) is 2.82. The molecule has 19 heavy (non-hydrogen) atoms. The van der Waals surface area contributed by atoms with Gasteiger partial charge in [-0.05, 0) is 32.9 Å². The molecule has 102 valence electrons. The summed E-state index contributed by atoms with van der Waals surface area (Å²) in [7, 11) is 0. The summed E-state index contributed by atoms with van der Waals surface area (Å²) >= 11 is 3.49. The van der Waals surface area contributed by atoms with Gasteiger partial charge in [0.25, 0.3) is 0 Å². The van der Waals surface area contributed by atoms with Gasteiger partial charge in [-0.15, -0.1) is 22.0 Å². The second kappa shape index (κ2) is 6.50. The first kappa shape index (κ1) is 14.5. The zero-order valence-electron chi connectivity index (χ0n) is 11.5. The van der Waals surface area contributed by atoms with Crippen molar-refractivity contribution >= 4 is 23.1 Å². The van der Waals surface area contributed by atoms with Gasteiger partial charge in [0.05, 0.1) is 12.3 Å². The van der Waals surface area contributed by atoms with Crippen LogP contribution in [0.1, 0.15) is 30.8 Å². The zero-order valence-corrected chi connectivity index (χ0v) is 13.1. The highest BCUT2D eigenvalue weighted by Gasteiger charge is 2.11. The number of nitrogens with zero attached hydrogens (tertiary/aromatic N) is 2. The summed E-state index contributed by atoms with van der Waals surface area (Å²) in [5.74, 6) is 0.886. The topological polar surface area (TPSA) is 37.8 Å². The summed E-state index contributed by atoms with van der Waals surface area (Å²) in [4.78, 5) is 1.27. The van der Waals surface area contributed by atoms with Gasteiger partial charge in [0.15, 0.2) is 0 Å². The van der Waals surface area contributed by atoms with Crippen molar-refractivity contribution in [3.8, 4) is 0 Å². The van der Waals surface area contributed by atoms with E-state index in [2.05, 4.69) is 60.6 Å². The standard InChI is InChI=1S/C14H19N3S2/c1-14(2,3)15-9-12-16-17-13(19-12)10-18-11-7-5-4-6-8-11/h4-8,15H,9-10H2,1-3H3. The van der Waals surface area contributed by atoms with Crippen molar-refractivity contribution in [3.63, 3.8) is 0 Å². The van der Waals surface area contributed by atoms with Crippen LogP contribution in [0.2, 0.25) is 0 Å². The van der Waals surface area contributed by atoms with Gasteiger partial charge in [-0.3, -0.25) is 0 Å². The first-order chi connectivity index (χ1) is 9.03. The van der Waals surface area contributed by atoms with E-state index in [0.29, 0.717) is 0 Å². The van der Waals surface area contributed by atoms with Crippen molar-refractivity contribution in [1.29, 1.82) is 0 Å². The van der Waals surface area contributed by atoms with Crippen molar-refractivity contribution in [2.45, 2.75) is 43.5 Å². The van der Waals surface area contributed by atoms with Crippen LogP contribution >= 0.6 is 23.1 Å². The van der Waals surface area contributed by atoms with E-state index in [1.807, 2.05) is 6.07 Å². The zero-order chi connectivity index (χ0) is 13.7. The Morgan fingerprint density at radius 3 is 2.47 bits per heavy atom. The van der Waals surface area contributed by atoms with E-state index in [1.165, 1.54) is 4.90 Å². The first-order valence-electron chi connectivity index (χ1n) is 6.27. The quantitative estimate of drug-likeness (QED) is 0.853. The fraction of sp³-hybridized carbons (Fsp3) is 0.429. The number of hydrogen-bond donors (Lipinski definition) is 1. The SMILES string of the molecule is CC(C)(C)NCc1nnc(CSc2ccccc2)s1. The van der Waals surface area contributed by atoms with Crippen LogP contribution in [0.5, 0.6) is 0 Å². The summed E-state index contributed by atoms with van der Waals surface area (Å²) in [5, 5.41) is 14.0. The monoisotopic (exact) mass is 293 g/mol. The van der Waals surface area contributed by atoms with E-state index < -0.39 is 0 Å². The van der Waals surface area contributed by atoms with E-state index in [0.717, 1.165) is 22.3 Å². The molecule has 0 saturated heterocycles. The van der Waals surface area contributed by atoms with Crippen LogP contribution in [-0.4, -0.2) is 15.7 Å². The van der Waals surface area contributed by atoms with Gasteiger partial charge >= 0.3 is 0 Å². The van der Waals surface area contributed by atoms with Crippen molar-refractivity contribution in [1.82, 2.24) is 15.5 Å². The number of aromatic nitrogens is 2. The molecule has 1 heterocycles. The van der Waals surface area contributed by atoms with Gasteiger partial charge in [-0.25, -0.2) is 0 Å². The maximum atomic E-state index is 4.24. The third-order valence-corrected chi connectivity index (χ3v) is 4.51. The molecule has 0 fully saturated rings. The minimum atomic E-state index is 0.116. The molecule has 1 aromatic heterocycles. The maximum Gasteiger partial charge on any atom is 0.131 e. The smallest absolute Gasteiger partial charge is 0.131 e. The lowest BCUT2D eigenvalue weighted by Gasteiger charge is -2.19. The second-order valence-electron chi connectivity index (χ2n) is 5.29. The molecule has 5 heteroatoms. The van der Waals surface area contributed by atoms with Crippen LogP contribution in [0, 0.1) is 0 Å². The Bertz CT molecular complexity index is 503. The largest absolute Gasteiger partial charge is 0.306 e. The molecule has 0 unspecified atom stereocenters. The fourth-order valence-electron chi connectivity index (χ4n) is 1.42. The lowest BCUT2D eigenvalue weighted by Crippen LogP contribution is -2.35. The molecule has 3 nitrogen and oxygen atoms in total. The van der Waals surface area contributed by atoms with Crippen LogP contribution in [-0.2, 0) is 12.3 Å². The molecule has 0 bridgehead atoms. The van der Waals surface area contributed by atoms with Gasteiger partial charge in [-0.2, -0.15) is 0 Å². The minimum absolute atomic E-state index is 0.116. The van der Waals surface area contributed by atoms with Gasteiger partial charge in [0, 0.05) is 10.4 Å². The second-order valence-corrected chi connectivity index (χ2v) is 7.49. The van der Waals surface area contributed by atoms with Crippen molar-refractivity contribution in [3.05, 3.63) is 40.3 Å². The Labute approximate surface area is 122 Å². The van der Waals surface area contributed by atoms with Crippen LogP contribution in [0.15, 0.2) is 35.2 Å². The molecule has 1 N–H and O–H groups in total. The molecule has 0 aliphatic rings. The summed E-state index contributed by atoms with van der Waals surface area (Å²) < 4.78 is 0. The molecule has 0 aliphatic heterocycles. The number of rotatable bonds is 5. The molecule has 0 radical (unpaired) electrons. The number of hydrogen-bond acceptors (Lipinski definition) is 5. The first-order valence-corrected chi connectivity index (χ1v) is 8.07. The van der Waals surface area contributed by atoms with Crippen molar-refractivity contribution < 1.29 is 0 Å². The average molecular weight is 293 g/mol. The van der Waals surface area contributed by atoms with Gasteiger partial charge in [0.1, 0.15) is 10.0 Å². The lowest BCUT2D eigenvalue weighted by atomic mass is 10.1. The molecular weight excluding hydrogens is 274 g/mol. The van der Waals surface area contributed by atoms with Crippen LogP contribution in [0.3, 0.4) is 0 Å². The normalized spacial score (nSPS) is 11.7. The third-order valence-electron chi connectivity index (χ3n) is 2.38. The molecule has 0 aliphatic carbocycles. The summed E-state index contributed by atoms with van der Waals surface area (Å²) in [6.07, 6.45) is 0. The Morgan fingerprint density at radius 2 is 1.79 bits per heavy atom. The highest BCUT2D eigenvalue weighted by atomic mass is 32.2. The third kappa shape index (κ3) is 5.30. The predicted octanol–water partition coefficient (Wildman–Crippen LogP) is 3.72. The van der Waals surface area contributed by atoms with E-state index in [1.54, 1.807) is 23.1 Å². The van der Waals surface area contributed by atoms with Gasteiger partial charge < -0.3 is 5.32 Å². The highest BCUT2D eigenvalue weighted by Crippen LogP contribution is 2.24. The summed E-state index contributed by atoms with van der Waals surface area (Å²) in [6, 6.07) is 10.4. The van der Waals surface area contributed by atoms with Crippen LogP contribution in [0.4, 0.5) is 0 Å². The maximum absolute atomic E-state index is 4.24. The molecule has 0 spiro atoms. The van der Waals surface area contributed by atoms with E-state index in [-0.39, 0.29) is 5.54 Å². The van der Waals surface area contributed by atoms with E-state index >= 15 is 0 Å². The molecule has 0 amide bonds. The van der Waals surface area contributed by atoms with Crippen LogP contribution < -0.4 is 5.32 Å².